The molecule has 0 aliphatic rings. The molecule has 0 fully saturated rings. The van der Waals surface area contributed by atoms with Crippen molar-refractivity contribution in [2.75, 3.05) is 5.32 Å². The van der Waals surface area contributed by atoms with Crippen LogP contribution >= 0.6 is 11.6 Å². The fourth-order valence-corrected chi connectivity index (χ4v) is 4.73. The number of amides is 1. The first kappa shape index (κ1) is 21.9. The molecule has 9 heteroatoms. The van der Waals surface area contributed by atoms with Crippen LogP contribution in [0.3, 0.4) is 0 Å². The highest BCUT2D eigenvalue weighted by atomic mass is 35.5. The van der Waals surface area contributed by atoms with Crippen molar-refractivity contribution in [3.8, 4) is 0 Å². The van der Waals surface area contributed by atoms with E-state index >= 15 is 0 Å². The van der Waals surface area contributed by atoms with Crippen LogP contribution in [0, 0.1) is 0 Å². The van der Waals surface area contributed by atoms with Gasteiger partial charge >= 0.3 is 0 Å². The Morgan fingerprint density at radius 3 is 2.47 bits per heavy atom. The molecule has 0 spiro atoms. The Bertz CT molecular complexity index is 1340. The van der Waals surface area contributed by atoms with Crippen LogP contribution in [-0.2, 0) is 21.2 Å². The molecule has 4 aromatic rings. The monoisotopic (exact) mass is 466 g/mol. The Kier molecular flexibility index (Phi) is 6.45. The lowest BCUT2D eigenvalue weighted by Gasteiger charge is -2.19. The molecule has 1 amide bonds. The highest BCUT2D eigenvalue weighted by molar-refractivity contribution is 7.89. The number of fused-ring (bicyclic) bond motifs is 1. The minimum atomic E-state index is -4.07. The van der Waals surface area contributed by atoms with Crippen LogP contribution in [0.25, 0.3) is 10.9 Å². The van der Waals surface area contributed by atoms with Gasteiger partial charge in [-0.2, -0.15) is 4.72 Å². The van der Waals surface area contributed by atoms with Crippen molar-refractivity contribution in [1.29, 1.82) is 0 Å². The van der Waals surface area contributed by atoms with Crippen molar-refractivity contribution in [1.82, 2.24) is 14.7 Å². The lowest BCUT2D eigenvalue weighted by molar-refractivity contribution is -0.117. The summed E-state index contributed by atoms with van der Waals surface area (Å²) in [5.41, 5.74) is 1.14. The molecular weight excluding hydrogens is 448 g/mol. The molecule has 0 saturated heterocycles. The number of pyridine rings is 2. The van der Waals surface area contributed by atoms with E-state index in [-0.39, 0.29) is 17.1 Å². The number of para-hydroxylation sites is 1. The summed E-state index contributed by atoms with van der Waals surface area (Å²) in [7, 11) is -4.07. The molecule has 4 rings (SSSR count). The van der Waals surface area contributed by atoms with Gasteiger partial charge in [-0.15, -0.1) is 0 Å². The van der Waals surface area contributed by atoms with Gasteiger partial charge in [-0.05, 0) is 36.2 Å². The Morgan fingerprint density at radius 2 is 1.72 bits per heavy atom. The quantitative estimate of drug-likeness (QED) is 0.431. The van der Waals surface area contributed by atoms with Gasteiger partial charge in [-0.1, -0.05) is 60.1 Å². The molecular formula is C23H19ClN4O3S. The van der Waals surface area contributed by atoms with Gasteiger partial charge in [0, 0.05) is 17.8 Å². The number of halogens is 1. The smallest absolute Gasteiger partial charge is 0.244 e. The van der Waals surface area contributed by atoms with Gasteiger partial charge in [0.25, 0.3) is 0 Å². The summed E-state index contributed by atoms with van der Waals surface area (Å²) >= 11 is 5.85. The molecule has 0 aliphatic carbocycles. The van der Waals surface area contributed by atoms with Crippen LogP contribution in [0.15, 0.2) is 90.1 Å². The van der Waals surface area contributed by atoms with Crippen LogP contribution < -0.4 is 10.0 Å². The van der Waals surface area contributed by atoms with Gasteiger partial charge in [0.1, 0.15) is 16.8 Å². The second-order valence-corrected chi connectivity index (χ2v) is 9.16. The summed E-state index contributed by atoms with van der Waals surface area (Å²) in [4.78, 5) is 21.3. The van der Waals surface area contributed by atoms with E-state index in [2.05, 4.69) is 20.0 Å². The van der Waals surface area contributed by atoms with Crippen LogP contribution in [-0.4, -0.2) is 30.3 Å². The van der Waals surface area contributed by atoms with E-state index < -0.39 is 22.0 Å². The van der Waals surface area contributed by atoms with Crippen molar-refractivity contribution in [3.63, 3.8) is 0 Å². The summed E-state index contributed by atoms with van der Waals surface area (Å²) in [6.45, 7) is 0. The number of nitrogens with one attached hydrogen (secondary N) is 2. The van der Waals surface area contributed by atoms with Gasteiger partial charge in [-0.3, -0.25) is 9.78 Å². The molecule has 32 heavy (non-hydrogen) atoms. The van der Waals surface area contributed by atoms with Crippen molar-refractivity contribution >= 4 is 44.3 Å². The minimum absolute atomic E-state index is 0.00563. The zero-order valence-corrected chi connectivity index (χ0v) is 18.3. The molecule has 2 N–H and O–H groups in total. The Hall–Kier alpha value is -3.33. The summed E-state index contributed by atoms with van der Waals surface area (Å²) in [5.74, 6) is -0.274. The molecule has 2 aromatic carbocycles. The van der Waals surface area contributed by atoms with E-state index in [4.69, 9.17) is 11.6 Å². The van der Waals surface area contributed by atoms with Crippen LogP contribution in [0.1, 0.15) is 5.56 Å². The third-order valence-electron chi connectivity index (χ3n) is 4.76. The van der Waals surface area contributed by atoms with Crippen molar-refractivity contribution < 1.29 is 13.2 Å². The van der Waals surface area contributed by atoms with E-state index in [1.54, 1.807) is 36.4 Å². The molecule has 2 heterocycles. The molecule has 0 bridgehead atoms. The van der Waals surface area contributed by atoms with E-state index in [9.17, 15) is 13.2 Å². The topological polar surface area (TPSA) is 101 Å². The summed E-state index contributed by atoms with van der Waals surface area (Å²) in [6, 6.07) is 19.6. The normalized spacial score (nSPS) is 12.4. The average Bonchev–Trinajstić information content (AvgIpc) is 2.80. The molecule has 0 saturated carbocycles. The summed E-state index contributed by atoms with van der Waals surface area (Å²) in [5, 5.41) is 3.76. The van der Waals surface area contributed by atoms with Crippen LogP contribution in [0.4, 0.5) is 5.82 Å². The van der Waals surface area contributed by atoms with E-state index in [1.165, 1.54) is 18.5 Å². The second kappa shape index (κ2) is 9.44. The third kappa shape index (κ3) is 5.11. The zero-order chi connectivity index (χ0) is 22.6. The van der Waals surface area contributed by atoms with Gasteiger partial charge in [-0.25, -0.2) is 13.4 Å². The number of hydrogen-bond acceptors (Lipinski definition) is 5. The molecule has 0 aliphatic heterocycles. The predicted octanol–water partition coefficient (Wildman–Crippen LogP) is 3.81. The first-order chi connectivity index (χ1) is 15.4. The number of aromatic nitrogens is 2. The van der Waals surface area contributed by atoms with Gasteiger partial charge in [0.2, 0.25) is 15.9 Å². The lowest BCUT2D eigenvalue weighted by Crippen LogP contribution is -2.45. The molecule has 0 radical (unpaired) electrons. The number of carbonyl (C=O) groups is 1. The van der Waals surface area contributed by atoms with E-state index in [0.717, 1.165) is 5.56 Å². The SMILES string of the molecule is O=C(Nc1ccc(Cl)cn1)C(Cc1ccccc1)NS(=O)(=O)c1cccc2cccnc12. The molecule has 162 valence electrons. The first-order valence-corrected chi connectivity index (χ1v) is 11.6. The third-order valence-corrected chi connectivity index (χ3v) is 6.49. The number of benzene rings is 2. The fraction of sp³-hybridized carbons (Fsp3) is 0.0870. The minimum Gasteiger partial charge on any atom is -0.309 e. The maximum Gasteiger partial charge on any atom is 0.244 e. The molecule has 2 aromatic heterocycles. The van der Waals surface area contributed by atoms with Crippen LogP contribution in [0.5, 0.6) is 0 Å². The highest BCUT2D eigenvalue weighted by Gasteiger charge is 2.28. The maximum absolute atomic E-state index is 13.3. The number of sulfonamides is 1. The second-order valence-electron chi connectivity index (χ2n) is 7.05. The molecule has 7 nitrogen and oxygen atoms in total. The predicted molar refractivity (Wildman–Crippen MR) is 124 cm³/mol. The number of carbonyl (C=O) groups excluding carboxylic acids is 1. The van der Waals surface area contributed by atoms with Crippen LogP contribution in [0.2, 0.25) is 5.02 Å². The number of rotatable bonds is 7. The van der Waals surface area contributed by atoms with Gasteiger partial charge in [0.15, 0.2) is 0 Å². The van der Waals surface area contributed by atoms with Crippen molar-refractivity contribution in [3.05, 3.63) is 95.8 Å². The lowest BCUT2D eigenvalue weighted by atomic mass is 10.1. The number of nitrogens with zero attached hydrogens (tertiary/aromatic N) is 2. The summed E-state index contributed by atoms with van der Waals surface area (Å²) in [6.07, 6.45) is 3.08. The first-order valence-electron chi connectivity index (χ1n) is 9.75. The number of hydrogen-bond donors (Lipinski definition) is 2. The summed E-state index contributed by atoms with van der Waals surface area (Å²) < 4.78 is 29.1. The Balaban J connectivity index is 1.65. The van der Waals surface area contributed by atoms with Gasteiger partial charge < -0.3 is 5.32 Å². The highest BCUT2D eigenvalue weighted by Crippen LogP contribution is 2.21. The maximum atomic E-state index is 13.3. The fourth-order valence-electron chi connectivity index (χ4n) is 3.24. The largest absolute Gasteiger partial charge is 0.309 e. The zero-order valence-electron chi connectivity index (χ0n) is 16.8. The average molecular weight is 467 g/mol. The molecule has 1 unspecified atom stereocenters. The van der Waals surface area contributed by atoms with E-state index in [0.29, 0.717) is 15.9 Å². The van der Waals surface area contributed by atoms with Crippen molar-refractivity contribution in [2.45, 2.75) is 17.4 Å². The Labute approximate surface area is 190 Å². The Morgan fingerprint density at radius 1 is 0.938 bits per heavy atom. The number of anilines is 1. The van der Waals surface area contributed by atoms with E-state index in [1.807, 2.05) is 30.3 Å². The standard InChI is InChI=1S/C23H19ClN4O3S/c24-18-11-12-21(26-15-18)27-23(29)19(14-16-6-2-1-3-7-16)28-32(30,31)20-10-4-8-17-9-5-13-25-22(17)20/h1-13,15,19,28H,14H2,(H,26,27,29). The molecule has 1 atom stereocenters. The van der Waals surface area contributed by atoms with Gasteiger partial charge in [0.05, 0.1) is 10.5 Å². The van der Waals surface area contributed by atoms with Crippen molar-refractivity contribution in [2.24, 2.45) is 0 Å².